The highest BCUT2D eigenvalue weighted by atomic mass is 32.2. The number of nitrogens with zero attached hydrogens (tertiary/aromatic N) is 4. The van der Waals surface area contributed by atoms with Crippen LogP contribution in [-0.2, 0) is 4.79 Å². The van der Waals surface area contributed by atoms with E-state index in [4.69, 9.17) is 0 Å². The molecule has 2 aromatic heterocycles. The fraction of sp³-hybridized carbons (Fsp3) is 0.294. The molecule has 0 saturated carbocycles. The Balaban J connectivity index is 1.81. The third kappa shape index (κ3) is 3.56. The highest BCUT2D eigenvalue weighted by Gasteiger charge is 2.13. The Morgan fingerprint density at radius 3 is 2.83 bits per heavy atom. The van der Waals surface area contributed by atoms with Crippen LogP contribution >= 0.6 is 11.8 Å². The zero-order chi connectivity index (χ0) is 16.9. The molecule has 0 fully saturated rings. The predicted octanol–water partition coefficient (Wildman–Crippen LogP) is 2.82. The van der Waals surface area contributed by atoms with Crippen LogP contribution in [0.2, 0.25) is 0 Å². The minimum atomic E-state index is 0.0107. The van der Waals surface area contributed by atoms with Gasteiger partial charge < -0.3 is 5.32 Å². The van der Waals surface area contributed by atoms with Crippen LogP contribution in [0.3, 0.4) is 0 Å². The van der Waals surface area contributed by atoms with Crippen LogP contribution in [0.25, 0.3) is 16.7 Å². The van der Waals surface area contributed by atoms with E-state index >= 15 is 0 Å². The van der Waals surface area contributed by atoms with Gasteiger partial charge in [0.05, 0.1) is 23.0 Å². The van der Waals surface area contributed by atoms with E-state index in [9.17, 15) is 4.79 Å². The Morgan fingerprint density at radius 2 is 2.08 bits per heavy atom. The number of thioether (sulfide) groups is 1. The lowest BCUT2D eigenvalue weighted by Crippen LogP contribution is -2.33. The zero-order valence-electron chi connectivity index (χ0n) is 13.6. The number of aromatic nitrogens is 4. The topological polar surface area (TPSA) is 72.7 Å². The second-order valence-corrected chi connectivity index (χ2v) is 6.44. The molecular weight excluding hydrogens is 322 g/mol. The summed E-state index contributed by atoms with van der Waals surface area (Å²) in [5, 5.41) is 8.99. The van der Waals surface area contributed by atoms with Gasteiger partial charge >= 0.3 is 0 Å². The molecule has 3 rings (SSSR count). The van der Waals surface area contributed by atoms with Gasteiger partial charge in [0, 0.05) is 6.04 Å². The van der Waals surface area contributed by atoms with Crippen molar-refractivity contribution in [1.29, 1.82) is 0 Å². The summed E-state index contributed by atoms with van der Waals surface area (Å²) in [4.78, 5) is 20.6. The maximum atomic E-state index is 12.0. The second-order valence-electron chi connectivity index (χ2n) is 5.47. The number of carbonyl (C=O) groups excluding carboxylic acids is 1. The second kappa shape index (κ2) is 7.44. The lowest BCUT2D eigenvalue weighted by molar-refractivity contribution is -0.119. The number of fused-ring (bicyclic) bond motifs is 1. The van der Waals surface area contributed by atoms with Crippen LogP contribution in [0, 0.1) is 0 Å². The highest BCUT2D eigenvalue weighted by Crippen LogP contribution is 2.25. The van der Waals surface area contributed by atoms with Gasteiger partial charge in [-0.05, 0) is 25.5 Å². The van der Waals surface area contributed by atoms with Crippen molar-refractivity contribution in [3.05, 3.63) is 42.9 Å². The summed E-state index contributed by atoms with van der Waals surface area (Å²) < 4.78 is 1.78. The van der Waals surface area contributed by atoms with E-state index in [0.717, 1.165) is 28.2 Å². The lowest BCUT2D eigenvalue weighted by atomic mass is 10.3. The average molecular weight is 341 g/mol. The van der Waals surface area contributed by atoms with E-state index < -0.39 is 0 Å². The van der Waals surface area contributed by atoms with E-state index in [1.54, 1.807) is 10.9 Å². The number of nitrogens with one attached hydrogen (secondary N) is 1. The smallest absolute Gasteiger partial charge is 0.230 e. The normalized spacial score (nSPS) is 12.2. The van der Waals surface area contributed by atoms with Crippen molar-refractivity contribution in [1.82, 2.24) is 25.1 Å². The highest BCUT2D eigenvalue weighted by molar-refractivity contribution is 8.00. The van der Waals surface area contributed by atoms with E-state index in [0.29, 0.717) is 5.75 Å². The first-order valence-electron chi connectivity index (χ1n) is 7.85. The third-order valence-corrected chi connectivity index (χ3v) is 4.70. The van der Waals surface area contributed by atoms with Crippen molar-refractivity contribution in [3.63, 3.8) is 0 Å². The van der Waals surface area contributed by atoms with Crippen LogP contribution < -0.4 is 5.32 Å². The molecule has 24 heavy (non-hydrogen) atoms. The molecule has 1 N–H and O–H groups in total. The van der Waals surface area contributed by atoms with Gasteiger partial charge in [0.2, 0.25) is 5.91 Å². The van der Waals surface area contributed by atoms with Gasteiger partial charge in [-0.25, -0.2) is 14.6 Å². The van der Waals surface area contributed by atoms with Gasteiger partial charge in [-0.2, -0.15) is 5.10 Å². The van der Waals surface area contributed by atoms with Crippen molar-refractivity contribution in [2.75, 3.05) is 5.75 Å². The van der Waals surface area contributed by atoms with Crippen molar-refractivity contribution >= 4 is 28.7 Å². The maximum Gasteiger partial charge on any atom is 0.230 e. The van der Waals surface area contributed by atoms with Gasteiger partial charge in [0.15, 0.2) is 5.65 Å². The average Bonchev–Trinajstić information content (AvgIpc) is 3.05. The van der Waals surface area contributed by atoms with Crippen molar-refractivity contribution in [3.8, 4) is 5.69 Å². The molecule has 124 valence electrons. The van der Waals surface area contributed by atoms with Gasteiger partial charge in [-0.15, -0.1) is 0 Å². The lowest BCUT2D eigenvalue weighted by Gasteiger charge is -2.10. The van der Waals surface area contributed by atoms with Crippen LogP contribution in [0.4, 0.5) is 0 Å². The van der Waals surface area contributed by atoms with Gasteiger partial charge in [-0.3, -0.25) is 4.79 Å². The molecular formula is C17H19N5OS. The molecule has 0 spiro atoms. The number of rotatable bonds is 6. The molecule has 0 saturated heterocycles. The molecule has 0 aliphatic heterocycles. The van der Waals surface area contributed by atoms with Gasteiger partial charge in [0.25, 0.3) is 0 Å². The van der Waals surface area contributed by atoms with Crippen LogP contribution in [0.15, 0.2) is 47.9 Å². The summed E-state index contributed by atoms with van der Waals surface area (Å²) >= 11 is 1.40. The third-order valence-electron chi connectivity index (χ3n) is 3.69. The number of carbonyl (C=O) groups is 1. The first-order chi connectivity index (χ1) is 11.7. The van der Waals surface area contributed by atoms with E-state index in [2.05, 4.69) is 20.4 Å². The summed E-state index contributed by atoms with van der Waals surface area (Å²) in [6.45, 7) is 4.04. The van der Waals surface area contributed by atoms with Crippen LogP contribution in [0.1, 0.15) is 20.3 Å². The minimum absolute atomic E-state index is 0.0107. The van der Waals surface area contributed by atoms with Crippen molar-refractivity contribution < 1.29 is 4.79 Å². The molecule has 1 aromatic carbocycles. The molecule has 2 heterocycles. The monoisotopic (exact) mass is 341 g/mol. The standard InChI is InChI=1S/C17H19N5OS/c1-3-12(2)21-15(23)10-24-17-14-9-20-22(16(14)18-11-19-17)13-7-5-4-6-8-13/h4-9,11-12H,3,10H2,1-2H3,(H,21,23)/t12-/m1/s1. The number of amides is 1. The van der Waals surface area contributed by atoms with Gasteiger partial charge in [0.1, 0.15) is 11.4 Å². The van der Waals surface area contributed by atoms with Crippen molar-refractivity contribution in [2.45, 2.75) is 31.3 Å². The largest absolute Gasteiger partial charge is 0.353 e. The maximum absolute atomic E-state index is 12.0. The minimum Gasteiger partial charge on any atom is -0.353 e. The fourth-order valence-electron chi connectivity index (χ4n) is 2.25. The summed E-state index contributed by atoms with van der Waals surface area (Å²) in [5.74, 6) is 0.337. The predicted molar refractivity (Wildman–Crippen MR) is 95.3 cm³/mol. The Labute approximate surface area is 144 Å². The molecule has 1 amide bonds. The fourth-order valence-corrected chi connectivity index (χ4v) is 3.02. The van der Waals surface area contributed by atoms with Crippen molar-refractivity contribution in [2.24, 2.45) is 0 Å². The Morgan fingerprint density at radius 1 is 1.29 bits per heavy atom. The summed E-state index contributed by atoms with van der Waals surface area (Å²) in [5.41, 5.74) is 1.68. The number of para-hydroxylation sites is 1. The van der Waals surface area contributed by atoms with E-state index in [1.165, 1.54) is 18.1 Å². The molecule has 0 aliphatic carbocycles. The molecule has 1 atom stereocenters. The number of benzene rings is 1. The summed E-state index contributed by atoms with van der Waals surface area (Å²) in [7, 11) is 0. The Bertz CT molecular complexity index is 833. The Hall–Kier alpha value is -2.41. The first-order valence-corrected chi connectivity index (χ1v) is 8.84. The molecule has 6 nitrogen and oxygen atoms in total. The van der Waals surface area contributed by atoms with E-state index in [1.807, 2.05) is 44.2 Å². The molecule has 0 unspecified atom stereocenters. The molecule has 0 aliphatic rings. The van der Waals surface area contributed by atoms with Crippen LogP contribution in [-0.4, -0.2) is 37.5 Å². The molecule has 0 bridgehead atoms. The van der Waals surface area contributed by atoms with Gasteiger partial charge in [-0.1, -0.05) is 36.9 Å². The molecule has 7 heteroatoms. The van der Waals surface area contributed by atoms with Crippen LogP contribution in [0.5, 0.6) is 0 Å². The quantitative estimate of drug-likeness (QED) is 0.551. The Kier molecular flexibility index (Phi) is 5.10. The number of hydrogen-bond acceptors (Lipinski definition) is 5. The summed E-state index contributed by atoms with van der Waals surface area (Å²) in [6, 6.07) is 10.0. The molecule has 0 radical (unpaired) electrons. The summed E-state index contributed by atoms with van der Waals surface area (Å²) in [6.07, 6.45) is 4.17. The number of hydrogen-bond donors (Lipinski definition) is 1. The zero-order valence-corrected chi connectivity index (χ0v) is 14.5. The van der Waals surface area contributed by atoms with E-state index in [-0.39, 0.29) is 11.9 Å². The SMILES string of the molecule is CC[C@@H](C)NC(=O)CSc1ncnc2c1cnn2-c1ccccc1. The first kappa shape index (κ1) is 16.4. The molecule has 3 aromatic rings.